The van der Waals surface area contributed by atoms with Crippen molar-refractivity contribution in [2.45, 2.75) is 29.4 Å². The Hall–Kier alpha value is -2.32. The minimum atomic E-state index is -4.52. The van der Waals surface area contributed by atoms with Crippen molar-refractivity contribution in [2.24, 2.45) is 5.10 Å². The maximum atomic E-state index is 13.3. The zero-order valence-electron chi connectivity index (χ0n) is 14.7. The van der Waals surface area contributed by atoms with E-state index in [2.05, 4.69) is 10.1 Å². The first-order valence-electron chi connectivity index (χ1n) is 8.52. The minimum absolute atomic E-state index is 0.259. The summed E-state index contributed by atoms with van der Waals surface area (Å²) < 4.78 is 41.0. The fourth-order valence-corrected chi connectivity index (χ4v) is 8.57. The molecule has 1 aromatic carbocycles. The Bertz CT molecular complexity index is 861. The molecule has 0 aliphatic carbocycles. The Kier molecular flexibility index (Phi) is 5.86. The van der Waals surface area contributed by atoms with E-state index in [1.54, 1.807) is 24.5 Å². The first kappa shape index (κ1) is 19.4. The molecular formula is C19H18AsF3N4. The van der Waals surface area contributed by atoms with Crippen LogP contribution in [0.15, 0.2) is 47.8 Å². The van der Waals surface area contributed by atoms with Crippen LogP contribution in [0.1, 0.15) is 24.5 Å². The van der Waals surface area contributed by atoms with Gasteiger partial charge in [0.15, 0.2) is 0 Å². The molecule has 2 unspecified atom stereocenters. The third-order valence-corrected chi connectivity index (χ3v) is 10.5. The second-order valence-corrected chi connectivity index (χ2v) is 12.0. The number of pyridine rings is 1. The monoisotopic (exact) mass is 434 g/mol. The number of benzene rings is 1. The Morgan fingerprint density at radius 3 is 2.78 bits per heavy atom. The molecular weight excluding hydrogens is 416 g/mol. The summed E-state index contributed by atoms with van der Waals surface area (Å²) >= 11 is -1.79. The fraction of sp³-hybridized carbons (Fsp3) is 0.316. The number of hydrazone groups is 1. The predicted octanol–water partition coefficient (Wildman–Crippen LogP) is 3.96. The average molecular weight is 434 g/mol. The van der Waals surface area contributed by atoms with Gasteiger partial charge in [0.2, 0.25) is 0 Å². The topological polar surface area (TPSA) is 52.3 Å². The SMILES string of the molecule is CC[As](c1ccc(C#N)c(C(F)(F)F)c1)C1CC=NN(c2cccnc2)C1. The number of nitriles is 1. The van der Waals surface area contributed by atoms with Crippen LogP contribution >= 0.6 is 0 Å². The van der Waals surface area contributed by atoms with Gasteiger partial charge in [-0.05, 0) is 0 Å². The van der Waals surface area contributed by atoms with Crippen LogP contribution in [0.3, 0.4) is 0 Å². The normalized spacial score (nSPS) is 18.2. The van der Waals surface area contributed by atoms with Crippen LogP contribution in [0.25, 0.3) is 0 Å². The molecule has 0 amide bonds. The van der Waals surface area contributed by atoms with Crippen LogP contribution in [0.2, 0.25) is 9.91 Å². The van der Waals surface area contributed by atoms with Crippen molar-refractivity contribution in [3.63, 3.8) is 0 Å². The van der Waals surface area contributed by atoms with Gasteiger partial charge in [-0.2, -0.15) is 0 Å². The summed E-state index contributed by atoms with van der Waals surface area (Å²) in [6, 6.07) is 9.62. The number of alkyl halides is 3. The number of halogens is 3. The molecule has 0 spiro atoms. The molecule has 0 fully saturated rings. The van der Waals surface area contributed by atoms with E-state index >= 15 is 0 Å². The second kappa shape index (κ2) is 8.14. The zero-order valence-corrected chi connectivity index (χ0v) is 16.6. The molecule has 0 radical (unpaired) electrons. The summed E-state index contributed by atoms with van der Waals surface area (Å²) in [5.74, 6) is 0. The molecule has 1 aliphatic heterocycles. The molecule has 2 heterocycles. The second-order valence-electron chi connectivity index (χ2n) is 6.11. The standard InChI is InChI=1S/C19H18AsF3N4/c1-2-20(15-6-5-14(11-24)18(10-15)19(21,22)23)16-7-9-26-27(13-16)17-4-3-8-25-12-17/h3-6,8-10,12,16H,2,7,13H2,1H3. The Balaban J connectivity index is 1.89. The molecule has 1 aliphatic rings. The van der Waals surface area contributed by atoms with Gasteiger partial charge in [0.1, 0.15) is 0 Å². The molecule has 4 nitrogen and oxygen atoms in total. The zero-order chi connectivity index (χ0) is 19.4. The third kappa shape index (κ3) is 4.33. The summed E-state index contributed by atoms with van der Waals surface area (Å²) in [6.07, 6.45) is 1.49. The number of aromatic nitrogens is 1. The molecule has 2 aromatic rings. The van der Waals surface area contributed by atoms with E-state index in [1.165, 1.54) is 12.1 Å². The quantitative estimate of drug-likeness (QED) is 0.685. The number of rotatable bonds is 4. The van der Waals surface area contributed by atoms with Gasteiger partial charge in [0.25, 0.3) is 0 Å². The van der Waals surface area contributed by atoms with Crippen molar-refractivity contribution < 1.29 is 13.2 Å². The van der Waals surface area contributed by atoms with Crippen molar-refractivity contribution in [1.82, 2.24) is 4.98 Å². The van der Waals surface area contributed by atoms with Crippen molar-refractivity contribution >= 4 is 30.9 Å². The van der Waals surface area contributed by atoms with Crippen LogP contribution in [0.4, 0.5) is 18.9 Å². The van der Waals surface area contributed by atoms with E-state index in [-0.39, 0.29) is 10.3 Å². The van der Waals surface area contributed by atoms with Gasteiger partial charge in [-0.3, -0.25) is 0 Å². The van der Waals surface area contributed by atoms with E-state index < -0.39 is 26.4 Å². The van der Waals surface area contributed by atoms with E-state index in [9.17, 15) is 13.2 Å². The van der Waals surface area contributed by atoms with Crippen molar-refractivity contribution in [3.05, 3.63) is 53.9 Å². The van der Waals surface area contributed by atoms with Crippen LogP contribution in [-0.2, 0) is 6.18 Å². The average Bonchev–Trinajstić information content (AvgIpc) is 2.69. The molecule has 8 heteroatoms. The number of hydrogen-bond acceptors (Lipinski definition) is 4. The molecule has 0 saturated carbocycles. The molecule has 3 rings (SSSR count). The van der Waals surface area contributed by atoms with E-state index in [1.807, 2.05) is 30.3 Å². The summed E-state index contributed by atoms with van der Waals surface area (Å²) in [5.41, 5.74) is -0.276. The van der Waals surface area contributed by atoms with Gasteiger partial charge in [-0.25, -0.2) is 0 Å². The summed E-state index contributed by atoms with van der Waals surface area (Å²) in [5, 5.41) is 16.1. The summed E-state index contributed by atoms with van der Waals surface area (Å²) in [4.78, 5) is 4.11. The van der Waals surface area contributed by atoms with Crippen molar-refractivity contribution in [2.75, 3.05) is 11.6 Å². The maximum absolute atomic E-state index is 13.3. The van der Waals surface area contributed by atoms with E-state index in [0.29, 0.717) is 6.54 Å². The molecule has 0 N–H and O–H groups in total. The van der Waals surface area contributed by atoms with E-state index in [4.69, 9.17) is 5.26 Å². The van der Waals surface area contributed by atoms with Gasteiger partial charge in [0, 0.05) is 0 Å². The third-order valence-electron chi connectivity index (χ3n) is 4.47. The number of nitrogens with zero attached hydrogens (tertiary/aromatic N) is 4. The van der Waals surface area contributed by atoms with Crippen LogP contribution in [0, 0.1) is 11.3 Å². The number of hydrogen-bond donors (Lipinski definition) is 0. The van der Waals surface area contributed by atoms with Crippen LogP contribution in [-0.4, -0.2) is 32.4 Å². The Morgan fingerprint density at radius 2 is 2.15 bits per heavy atom. The first-order valence-corrected chi connectivity index (χ1v) is 11.9. The molecule has 0 bridgehead atoms. The fourth-order valence-electron chi connectivity index (χ4n) is 3.19. The van der Waals surface area contributed by atoms with Crippen LogP contribution in [0.5, 0.6) is 0 Å². The van der Waals surface area contributed by atoms with E-state index in [0.717, 1.165) is 21.7 Å². The van der Waals surface area contributed by atoms with Crippen molar-refractivity contribution in [1.29, 1.82) is 5.26 Å². The number of anilines is 1. The van der Waals surface area contributed by atoms with Gasteiger partial charge < -0.3 is 0 Å². The molecule has 0 saturated heterocycles. The molecule has 27 heavy (non-hydrogen) atoms. The van der Waals surface area contributed by atoms with Gasteiger partial charge in [0.05, 0.1) is 0 Å². The van der Waals surface area contributed by atoms with Gasteiger partial charge in [-0.1, -0.05) is 0 Å². The molecule has 2 atom stereocenters. The predicted molar refractivity (Wildman–Crippen MR) is 100 cm³/mol. The van der Waals surface area contributed by atoms with Crippen LogP contribution < -0.4 is 9.36 Å². The summed E-state index contributed by atoms with van der Waals surface area (Å²) in [7, 11) is 0. The Morgan fingerprint density at radius 1 is 1.33 bits per heavy atom. The van der Waals surface area contributed by atoms with Gasteiger partial charge >= 0.3 is 160 Å². The molecule has 140 valence electrons. The van der Waals surface area contributed by atoms with Gasteiger partial charge in [-0.15, -0.1) is 0 Å². The molecule has 1 aromatic heterocycles. The van der Waals surface area contributed by atoms with Crippen molar-refractivity contribution in [3.8, 4) is 6.07 Å². The summed E-state index contributed by atoms with van der Waals surface area (Å²) in [6.45, 7) is 2.70. The first-order chi connectivity index (χ1) is 12.9. The Labute approximate surface area is 160 Å².